The van der Waals surface area contributed by atoms with Gasteiger partial charge in [-0.25, -0.2) is 0 Å². The molecule has 0 aromatic heterocycles. The van der Waals surface area contributed by atoms with Crippen molar-refractivity contribution < 1.29 is 22.8 Å². The van der Waals surface area contributed by atoms with Crippen LogP contribution in [0.5, 0.6) is 0 Å². The maximum atomic E-state index is 12.0. The van der Waals surface area contributed by atoms with Crippen LogP contribution in [-0.2, 0) is 9.59 Å². The number of alkyl halides is 3. The van der Waals surface area contributed by atoms with E-state index in [-0.39, 0.29) is 0 Å². The van der Waals surface area contributed by atoms with Gasteiger partial charge in [-0.15, -0.1) is 0 Å². The van der Waals surface area contributed by atoms with Gasteiger partial charge in [-0.05, 0) is 6.92 Å². The van der Waals surface area contributed by atoms with E-state index in [9.17, 15) is 22.8 Å². The molecule has 0 radical (unpaired) electrons. The fraction of sp³-hybridized carbons (Fsp3) is 0.600. The van der Waals surface area contributed by atoms with Crippen LogP contribution in [0.15, 0.2) is 0 Å². The molecule has 0 unspecified atom stereocenters. The lowest BCUT2D eigenvalue weighted by Crippen LogP contribution is -2.55. The quantitative estimate of drug-likeness (QED) is 0.568. The van der Waals surface area contributed by atoms with Gasteiger partial charge in [-0.3, -0.25) is 9.59 Å². The summed E-state index contributed by atoms with van der Waals surface area (Å²) < 4.78 is 36.0. The van der Waals surface area contributed by atoms with Crippen molar-refractivity contribution in [1.82, 2.24) is 0 Å². The van der Waals surface area contributed by atoms with Gasteiger partial charge < -0.3 is 11.5 Å². The molecule has 12 heavy (non-hydrogen) atoms. The van der Waals surface area contributed by atoms with Crippen molar-refractivity contribution in [2.45, 2.75) is 13.1 Å². The molecule has 2 amide bonds. The molecular weight excluding hydrogens is 177 g/mol. The van der Waals surface area contributed by atoms with Gasteiger partial charge in [0, 0.05) is 0 Å². The highest BCUT2D eigenvalue weighted by Crippen LogP contribution is 2.37. The second kappa shape index (κ2) is 2.65. The number of hydrogen-bond acceptors (Lipinski definition) is 2. The molecule has 0 fully saturated rings. The maximum Gasteiger partial charge on any atom is 0.411 e. The second-order valence-electron chi connectivity index (χ2n) is 2.35. The van der Waals surface area contributed by atoms with Crippen molar-refractivity contribution in [2.75, 3.05) is 0 Å². The lowest BCUT2D eigenvalue weighted by molar-refractivity contribution is -0.212. The van der Waals surface area contributed by atoms with Gasteiger partial charge in [-0.1, -0.05) is 0 Å². The molecule has 0 saturated carbocycles. The molecule has 7 heteroatoms. The third-order valence-corrected chi connectivity index (χ3v) is 1.55. The largest absolute Gasteiger partial charge is 0.411 e. The molecule has 4 nitrogen and oxygen atoms in total. The monoisotopic (exact) mass is 184 g/mol. The highest BCUT2D eigenvalue weighted by atomic mass is 19.4. The van der Waals surface area contributed by atoms with Crippen LogP contribution >= 0.6 is 0 Å². The van der Waals surface area contributed by atoms with Gasteiger partial charge in [0.25, 0.3) is 0 Å². The van der Waals surface area contributed by atoms with E-state index < -0.39 is 23.4 Å². The minimum absolute atomic E-state index is 0.345. The minimum atomic E-state index is -5.05. The molecule has 0 aromatic carbocycles. The van der Waals surface area contributed by atoms with E-state index in [4.69, 9.17) is 0 Å². The highest BCUT2D eigenvalue weighted by molar-refractivity contribution is 6.04. The number of amides is 2. The average Bonchev–Trinajstić information content (AvgIpc) is 1.82. The first-order chi connectivity index (χ1) is 5.14. The van der Waals surface area contributed by atoms with Crippen molar-refractivity contribution in [1.29, 1.82) is 0 Å². The van der Waals surface area contributed by atoms with Gasteiger partial charge in [-0.2, -0.15) is 13.2 Å². The van der Waals surface area contributed by atoms with Gasteiger partial charge >= 0.3 is 6.18 Å². The Kier molecular flexibility index (Phi) is 2.37. The highest BCUT2D eigenvalue weighted by Gasteiger charge is 2.60. The zero-order chi connectivity index (χ0) is 10.2. The number of carbonyl (C=O) groups excluding carboxylic acids is 2. The SMILES string of the molecule is CC(C(N)=O)(C(N)=O)C(F)(F)F. The van der Waals surface area contributed by atoms with Crippen LogP contribution in [0.2, 0.25) is 0 Å². The Hall–Kier alpha value is -1.27. The third-order valence-electron chi connectivity index (χ3n) is 1.55. The number of carbonyl (C=O) groups is 2. The first kappa shape index (κ1) is 10.7. The molecule has 0 rings (SSSR count). The lowest BCUT2D eigenvalue weighted by atomic mass is 9.88. The van der Waals surface area contributed by atoms with Crippen molar-refractivity contribution in [3.05, 3.63) is 0 Å². The van der Waals surface area contributed by atoms with E-state index in [2.05, 4.69) is 11.5 Å². The summed E-state index contributed by atoms with van der Waals surface area (Å²) in [5.74, 6) is -3.61. The molecule has 0 aliphatic rings. The molecule has 0 atom stereocenters. The lowest BCUT2D eigenvalue weighted by Gasteiger charge is -2.24. The van der Waals surface area contributed by atoms with Crippen LogP contribution in [0, 0.1) is 5.41 Å². The predicted octanol–water partition coefficient (Wildman–Crippen LogP) is -0.474. The van der Waals surface area contributed by atoms with Crippen LogP contribution in [0.25, 0.3) is 0 Å². The zero-order valence-electron chi connectivity index (χ0n) is 6.11. The van der Waals surface area contributed by atoms with Crippen molar-refractivity contribution >= 4 is 11.8 Å². The number of hydrogen-bond donors (Lipinski definition) is 2. The Morgan fingerprint density at radius 3 is 1.33 bits per heavy atom. The molecular formula is C5H7F3N2O2. The standard InChI is InChI=1S/C5H7F3N2O2/c1-4(2(9)11,3(10)12)5(6,7)8/h1H3,(H2,9,11)(H2,10,12). The zero-order valence-corrected chi connectivity index (χ0v) is 6.11. The molecule has 0 spiro atoms. The van der Waals surface area contributed by atoms with E-state index >= 15 is 0 Å². The smallest absolute Gasteiger partial charge is 0.368 e. The fourth-order valence-electron chi connectivity index (χ4n) is 0.401. The number of halogens is 3. The van der Waals surface area contributed by atoms with Crippen molar-refractivity contribution in [3.63, 3.8) is 0 Å². The van der Waals surface area contributed by atoms with Crippen LogP contribution in [-0.4, -0.2) is 18.0 Å². The summed E-state index contributed by atoms with van der Waals surface area (Å²) in [7, 11) is 0. The van der Waals surface area contributed by atoms with E-state index in [0.717, 1.165) is 0 Å². The normalized spacial score (nSPS) is 12.7. The van der Waals surface area contributed by atoms with Crippen LogP contribution < -0.4 is 11.5 Å². The summed E-state index contributed by atoms with van der Waals surface area (Å²) >= 11 is 0. The Balaban J connectivity index is 5.17. The maximum absolute atomic E-state index is 12.0. The first-order valence-corrected chi connectivity index (χ1v) is 2.80. The predicted molar refractivity (Wildman–Crippen MR) is 32.6 cm³/mol. The number of nitrogens with two attached hydrogens (primary N) is 2. The summed E-state index contributed by atoms with van der Waals surface area (Å²) in [6.07, 6.45) is -5.05. The summed E-state index contributed by atoms with van der Waals surface area (Å²) in [5.41, 5.74) is 5.51. The summed E-state index contributed by atoms with van der Waals surface area (Å²) in [6.45, 7) is 0.345. The van der Waals surface area contributed by atoms with Crippen LogP contribution in [0.4, 0.5) is 13.2 Å². The van der Waals surface area contributed by atoms with Crippen LogP contribution in [0.1, 0.15) is 6.92 Å². The second-order valence-corrected chi connectivity index (χ2v) is 2.35. The third kappa shape index (κ3) is 1.34. The first-order valence-electron chi connectivity index (χ1n) is 2.80. The summed E-state index contributed by atoms with van der Waals surface area (Å²) in [4.78, 5) is 20.6. The molecule has 70 valence electrons. The molecule has 0 aliphatic heterocycles. The van der Waals surface area contributed by atoms with Crippen molar-refractivity contribution in [2.24, 2.45) is 16.9 Å². The summed E-state index contributed by atoms with van der Waals surface area (Å²) in [6, 6.07) is 0. The molecule has 0 heterocycles. The van der Waals surface area contributed by atoms with Gasteiger partial charge in [0.05, 0.1) is 0 Å². The summed E-state index contributed by atoms with van der Waals surface area (Å²) in [5, 5.41) is 0. The van der Waals surface area contributed by atoms with Crippen LogP contribution in [0.3, 0.4) is 0 Å². The molecule has 0 saturated heterocycles. The molecule has 4 N–H and O–H groups in total. The fourth-order valence-corrected chi connectivity index (χ4v) is 0.401. The average molecular weight is 184 g/mol. The van der Waals surface area contributed by atoms with E-state index in [1.54, 1.807) is 0 Å². The van der Waals surface area contributed by atoms with Gasteiger partial charge in [0.1, 0.15) is 0 Å². The van der Waals surface area contributed by atoms with E-state index in [1.165, 1.54) is 0 Å². The van der Waals surface area contributed by atoms with Crippen molar-refractivity contribution in [3.8, 4) is 0 Å². The molecule has 0 aliphatic carbocycles. The topological polar surface area (TPSA) is 86.2 Å². The molecule has 0 aromatic rings. The van der Waals surface area contributed by atoms with E-state index in [0.29, 0.717) is 6.92 Å². The Bertz CT molecular complexity index is 209. The number of primary amides is 2. The Morgan fingerprint density at radius 1 is 1.08 bits per heavy atom. The van der Waals surface area contributed by atoms with Gasteiger partial charge in [0.2, 0.25) is 17.2 Å². The Morgan fingerprint density at radius 2 is 1.33 bits per heavy atom. The van der Waals surface area contributed by atoms with Gasteiger partial charge in [0.15, 0.2) is 0 Å². The molecule has 0 bridgehead atoms. The van der Waals surface area contributed by atoms with E-state index in [1.807, 2.05) is 0 Å². The number of rotatable bonds is 2. The minimum Gasteiger partial charge on any atom is -0.368 e. The Labute approximate surface area is 65.7 Å².